The van der Waals surface area contributed by atoms with E-state index in [1.807, 2.05) is 54.6 Å². The maximum atomic E-state index is 6.01. The van der Waals surface area contributed by atoms with Crippen LogP contribution in [0.25, 0.3) is 44.6 Å². The number of halogens is 1. The number of nitrogens with one attached hydrogen (secondary N) is 1. The van der Waals surface area contributed by atoms with Crippen molar-refractivity contribution in [1.82, 2.24) is 20.2 Å². The largest absolute Gasteiger partial charge is 0.410 e. The highest BCUT2D eigenvalue weighted by atomic mass is 79.9. The van der Waals surface area contributed by atoms with Crippen molar-refractivity contribution in [2.45, 2.75) is 11.0 Å². The van der Waals surface area contributed by atoms with Crippen molar-refractivity contribution in [2.24, 2.45) is 0 Å². The summed E-state index contributed by atoms with van der Waals surface area (Å²) in [6.07, 6.45) is 0. The van der Waals surface area contributed by atoms with Gasteiger partial charge in [-0.2, -0.15) is 0 Å². The van der Waals surface area contributed by atoms with Gasteiger partial charge in [0.1, 0.15) is 5.69 Å². The highest BCUT2D eigenvalue weighted by Gasteiger charge is 2.18. The molecule has 6 aromatic rings. The van der Waals surface area contributed by atoms with Crippen LogP contribution in [-0.2, 0) is 5.75 Å². The van der Waals surface area contributed by atoms with Gasteiger partial charge < -0.3 is 9.40 Å². The van der Waals surface area contributed by atoms with Gasteiger partial charge in [0.15, 0.2) is 0 Å². The molecule has 0 fully saturated rings. The van der Waals surface area contributed by atoms with E-state index in [9.17, 15) is 0 Å². The number of thioether (sulfide) groups is 1. The molecule has 3 heterocycles. The molecule has 0 amide bonds. The van der Waals surface area contributed by atoms with E-state index in [4.69, 9.17) is 9.40 Å². The molecule has 1 N–H and O–H groups in total. The summed E-state index contributed by atoms with van der Waals surface area (Å²) in [5.74, 6) is 1.14. The fourth-order valence-electron chi connectivity index (χ4n) is 3.89. The number of fused-ring (bicyclic) bond motifs is 3. The lowest BCUT2D eigenvalue weighted by Crippen LogP contribution is -1.90. The molecule has 0 aliphatic heterocycles. The smallest absolute Gasteiger partial charge is 0.277 e. The van der Waals surface area contributed by atoms with E-state index in [2.05, 4.69) is 61.4 Å². The summed E-state index contributed by atoms with van der Waals surface area (Å²) in [5, 5.41) is 11.3. The van der Waals surface area contributed by atoms with Crippen LogP contribution in [0.2, 0.25) is 0 Å². The van der Waals surface area contributed by atoms with Gasteiger partial charge in [0.05, 0.1) is 11.2 Å². The second kappa shape index (κ2) is 8.50. The molecule has 7 heteroatoms. The minimum atomic E-state index is 0.411. The number of aromatic amines is 1. The van der Waals surface area contributed by atoms with Gasteiger partial charge in [0.25, 0.3) is 11.1 Å². The lowest BCUT2D eigenvalue weighted by atomic mass is 10.1. The Labute approximate surface area is 202 Å². The number of hydrogen-bond acceptors (Lipinski definition) is 5. The Balaban J connectivity index is 1.43. The van der Waals surface area contributed by atoms with Gasteiger partial charge in [-0.3, -0.25) is 0 Å². The molecule has 6 rings (SSSR count). The second-order valence-corrected chi connectivity index (χ2v) is 9.35. The number of pyridine rings is 1. The summed E-state index contributed by atoms with van der Waals surface area (Å²) in [5.41, 5.74) is 5.78. The zero-order valence-corrected chi connectivity index (χ0v) is 19.7. The lowest BCUT2D eigenvalue weighted by molar-refractivity contribution is 0.464. The summed E-state index contributed by atoms with van der Waals surface area (Å²) in [7, 11) is 0. The SMILES string of the molecule is Brc1ccccc1CSc1nnc(-c2cc3c([nH]c4ccccc43)c(-c3ccccc3)n2)o1. The van der Waals surface area contributed by atoms with Gasteiger partial charge in [0, 0.05) is 32.1 Å². The first-order valence-corrected chi connectivity index (χ1v) is 12.2. The van der Waals surface area contributed by atoms with E-state index in [0.717, 1.165) is 43.3 Å². The molecule has 0 radical (unpaired) electrons. The molecule has 33 heavy (non-hydrogen) atoms. The number of nitrogens with zero attached hydrogens (tertiary/aromatic N) is 3. The Morgan fingerprint density at radius 3 is 2.52 bits per heavy atom. The van der Waals surface area contributed by atoms with Crippen molar-refractivity contribution >= 4 is 49.5 Å². The summed E-state index contributed by atoms with van der Waals surface area (Å²) >= 11 is 5.10. The number of H-pyrrole nitrogens is 1. The van der Waals surface area contributed by atoms with E-state index < -0.39 is 0 Å². The zero-order valence-electron chi connectivity index (χ0n) is 17.3. The van der Waals surface area contributed by atoms with E-state index in [1.54, 1.807) is 0 Å². The molecule has 0 bridgehead atoms. The Hall–Kier alpha value is -3.42. The molecule has 0 saturated heterocycles. The van der Waals surface area contributed by atoms with Crippen molar-refractivity contribution in [3.63, 3.8) is 0 Å². The molecule has 3 aromatic heterocycles. The standard InChI is InChI=1S/C26H17BrN4OS/c27-20-12-6-4-10-17(20)15-33-26-31-30-25(32-26)22-14-19-18-11-5-7-13-21(18)28-24(19)23(29-22)16-8-2-1-3-9-16/h1-14,28H,15H2. The van der Waals surface area contributed by atoms with Crippen LogP contribution >= 0.6 is 27.7 Å². The predicted octanol–water partition coefficient (Wildman–Crippen LogP) is 7.49. The molecule has 0 spiro atoms. The molecule has 0 saturated carbocycles. The van der Waals surface area contributed by atoms with Crippen molar-refractivity contribution in [3.8, 4) is 22.8 Å². The molecule has 0 aliphatic rings. The van der Waals surface area contributed by atoms with Gasteiger partial charge in [-0.05, 0) is 23.8 Å². The van der Waals surface area contributed by atoms with Crippen molar-refractivity contribution in [2.75, 3.05) is 0 Å². The second-order valence-electron chi connectivity index (χ2n) is 7.57. The van der Waals surface area contributed by atoms with Gasteiger partial charge in [-0.15, -0.1) is 10.2 Å². The molecule has 3 aromatic carbocycles. The zero-order chi connectivity index (χ0) is 22.2. The van der Waals surface area contributed by atoms with Gasteiger partial charge in [0.2, 0.25) is 0 Å². The monoisotopic (exact) mass is 512 g/mol. The van der Waals surface area contributed by atoms with Crippen molar-refractivity contribution in [1.29, 1.82) is 0 Å². The van der Waals surface area contributed by atoms with Gasteiger partial charge in [-0.25, -0.2) is 4.98 Å². The maximum Gasteiger partial charge on any atom is 0.277 e. The number of rotatable bonds is 5. The van der Waals surface area contributed by atoms with Crippen LogP contribution in [0.1, 0.15) is 5.56 Å². The molecule has 0 unspecified atom stereocenters. The summed E-state index contributed by atoms with van der Waals surface area (Å²) in [6, 6.07) is 28.6. The third kappa shape index (κ3) is 3.83. The number of benzene rings is 3. The Morgan fingerprint density at radius 2 is 1.64 bits per heavy atom. The fraction of sp³-hybridized carbons (Fsp3) is 0.0385. The van der Waals surface area contributed by atoms with Crippen LogP contribution in [0.15, 0.2) is 99.0 Å². The first-order valence-electron chi connectivity index (χ1n) is 10.4. The highest BCUT2D eigenvalue weighted by molar-refractivity contribution is 9.10. The highest BCUT2D eigenvalue weighted by Crippen LogP contribution is 2.35. The average molecular weight is 513 g/mol. The van der Waals surface area contributed by atoms with E-state index in [1.165, 1.54) is 17.3 Å². The summed E-state index contributed by atoms with van der Waals surface area (Å²) in [6.45, 7) is 0. The Kier molecular flexibility index (Phi) is 5.20. The van der Waals surface area contributed by atoms with E-state index >= 15 is 0 Å². The third-order valence-corrected chi connectivity index (χ3v) is 7.12. The van der Waals surface area contributed by atoms with Crippen LogP contribution < -0.4 is 0 Å². The average Bonchev–Trinajstić information content (AvgIpc) is 3.48. The third-order valence-electron chi connectivity index (χ3n) is 5.48. The molecule has 160 valence electrons. The predicted molar refractivity (Wildman–Crippen MR) is 136 cm³/mol. The van der Waals surface area contributed by atoms with Crippen LogP contribution in [0.5, 0.6) is 0 Å². The van der Waals surface area contributed by atoms with E-state index in [0.29, 0.717) is 16.8 Å². The van der Waals surface area contributed by atoms with Crippen LogP contribution in [0, 0.1) is 0 Å². The number of para-hydroxylation sites is 1. The van der Waals surface area contributed by atoms with Crippen LogP contribution in [0.3, 0.4) is 0 Å². The molecule has 5 nitrogen and oxygen atoms in total. The fourth-order valence-corrected chi connectivity index (χ4v) is 5.26. The Bertz CT molecular complexity index is 1590. The molecule has 0 aliphatic carbocycles. The van der Waals surface area contributed by atoms with Crippen molar-refractivity contribution in [3.05, 3.63) is 95.0 Å². The summed E-state index contributed by atoms with van der Waals surface area (Å²) in [4.78, 5) is 8.47. The van der Waals surface area contributed by atoms with Crippen LogP contribution in [-0.4, -0.2) is 20.2 Å². The number of aromatic nitrogens is 4. The molecular weight excluding hydrogens is 496 g/mol. The minimum Gasteiger partial charge on any atom is -0.410 e. The lowest BCUT2D eigenvalue weighted by Gasteiger charge is -2.05. The Morgan fingerprint density at radius 1 is 0.848 bits per heavy atom. The topological polar surface area (TPSA) is 67.6 Å². The first kappa shape index (κ1) is 20.2. The quantitative estimate of drug-likeness (QED) is 0.242. The first-order chi connectivity index (χ1) is 16.3. The minimum absolute atomic E-state index is 0.411. The van der Waals surface area contributed by atoms with E-state index in [-0.39, 0.29) is 0 Å². The molecular formula is C26H17BrN4OS. The van der Waals surface area contributed by atoms with Gasteiger partial charge in [-0.1, -0.05) is 94.4 Å². The summed E-state index contributed by atoms with van der Waals surface area (Å²) < 4.78 is 7.08. The van der Waals surface area contributed by atoms with Gasteiger partial charge >= 0.3 is 0 Å². The van der Waals surface area contributed by atoms with Crippen LogP contribution in [0.4, 0.5) is 0 Å². The number of hydrogen-bond donors (Lipinski definition) is 1. The normalized spacial score (nSPS) is 11.4. The maximum absolute atomic E-state index is 6.01. The molecule has 0 atom stereocenters. The van der Waals surface area contributed by atoms with Crippen molar-refractivity contribution < 1.29 is 4.42 Å².